The summed E-state index contributed by atoms with van der Waals surface area (Å²) in [7, 11) is 3.53. The quantitative estimate of drug-likeness (QED) is 0.126. The van der Waals surface area contributed by atoms with E-state index in [9.17, 15) is 0 Å². The summed E-state index contributed by atoms with van der Waals surface area (Å²) in [6, 6.07) is 35.8. The van der Waals surface area contributed by atoms with Gasteiger partial charge in [0.2, 0.25) is 0 Å². The van der Waals surface area contributed by atoms with Gasteiger partial charge in [0.25, 0.3) is 0 Å². The smallest absolute Gasteiger partial charge is 0.183 e. The van der Waals surface area contributed by atoms with Gasteiger partial charge in [-0.25, -0.2) is 9.97 Å². The van der Waals surface area contributed by atoms with Crippen LogP contribution in [0.4, 0.5) is 10.3 Å². The number of piperidine rings is 2. The van der Waals surface area contributed by atoms with Crippen molar-refractivity contribution in [2.45, 2.75) is 57.0 Å². The standard InChI is InChI=1S/C49H54N6O2S2/c1-56-38-13-15-40-36(27-38)19-23-54-21-17-32(25-42(40)54)30-50-48-52-46(34-9-5-3-6-10-34)44(58-48)29-45-47(35-11-7-4-8-12-35)53-49(59-45)51-31-33-18-22-55-24-20-37-28-39(57-2)14-16-41(37)43(55)26-33/h3-16,27-28,32-33,42-43H,17-26,29-31H2,1-2H3,(H,50,52)(H,51,53)/t32-,33-,42+,43+/m0/s1. The molecule has 4 aromatic carbocycles. The number of benzene rings is 4. The Balaban J connectivity index is 0.865. The van der Waals surface area contributed by atoms with E-state index in [0.717, 1.165) is 116 Å². The Hall–Kier alpha value is -4.74. The van der Waals surface area contributed by atoms with E-state index in [1.165, 1.54) is 44.8 Å². The van der Waals surface area contributed by atoms with Crippen molar-refractivity contribution in [3.8, 4) is 34.0 Å². The molecule has 0 spiro atoms. The summed E-state index contributed by atoms with van der Waals surface area (Å²) in [5.41, 5.74) is 10.3. The molecule has 0 radical (unpaired) electrons. The van der Waals surface area contributed by atoms with Crippen molar-refractivity contribution in [3.05, 3.63) is 129 Å². The van der Waals surface area contributed by atoms with Gasteiger partial charge in [-0.15, -0.1) is 22.7 Å². The first kappa shape index (κ1) is 38.5. The summed E-state index contributed by atoms with van der Waals surface area (Å²) < 4.78 is 11.1. The zero-order valence-electron chi connectivity index (χ0n) is 34.2. The molecule has 0 amide bonds. The first-order valence-electron chi connectivity index (χ1n) is 21.5. The Labute approximate surface area is 356 Å². The maximum absolute atomic E-state index is 5.56. The van der Waals surface area contributed by atoms with Gasteiger partial charge in [0.1, 0.15) is 11.5 Å². The molecule has 10 heteroatoms. The Morgan fingerprint density at radius 1 is 0.593 bits per heavy atom. The van der Waals surface area contributed by atoms with Gasteiger partial charge in [0.15, 0.2) is 10.3 Å². The fourth-order valence-electron chi connectivity index (χ4n) is 10.1. The highest BCUT2D eigenvalue weighted by atomic mass is 32.1. The van der Waals surface area contributed by atoms with Gasteiger partial charge in [0.05, 0.1) is 25.6 Å². The van der Waals surface area contributed by atoms with Gasteiger partial charge in [0, 0.05) is 65.6 Å². The van der Waals surface area contributed by atoms with Crippen molar-refractivity contribution in [2.75, 3.05) is 64.1 Å². The van der Waals surface area contributed by atoms with Crippen LogP contribution >= 0.6 is 22.7 Å². The van der Waals surface area contributed by atoms with Crippen LogP contribution in [-0.2, 0) is 19.3 Å². The van der Waals surface area contributed by atoms with Gasteiger partial charge in [-0.1, -0.05) is 72.8 Å². The van der Waals surface area contributed by atoms with Crippen molar-refractivity contribution >= 4 is 32.9 Å². The predicted molar refractivity (Wildman–Crippen MR) is 242 cm³/mol. The summed E-state index contributed by atoms with van der Waals surface area (Å²) in [4.78, 5) is 18.5. The van der Waals surface area contributed by atoms with E-state index in [2.05, 4.69) is 117 Å². The van der Waals surface area contributed by atoms with E-state index in [4.69, 9.17) is 19.4 Å². The van der Waals surface area contributed by atoms with E-state index in [-0.39, 0.29) is 0 Å². The number of thiazole rings is 2. The molecular formula is C49H54N6O2S2. The molecule has 6 aromatic rings. The number of ether oxygens (including phenoxy) is 2. The number of fused-ring (bicyclic) bond motifs is 6. The lowest BCUT2D eigenvalue weighted by molar-refractivity contribution is 0.107. The van der Waals surface area contributed by atoms with Gasteiger partial charge >= 0.3 is 0 Å². The van der Waals surface area contributed by atoms with Crippen LogP contribution < -0.4 is 20.1 Å². The third-order valence-corrected chi connectivity index (χ3v) is 15.3. The molecule has 10 rings (SSSR count). The average molecular weight is 823 g/mol. The maximum Gasteiger partial charge on any atom is 0.183 e. The number of hydrogen-bond donors (Lipinski definition) is 2. The van der Waals surface area contributed by atoms with E-state index in [1.807, 2.05) is 22.7 Å². The van der Waals surface area contributed by atoms with Crippen molar-refractivity contribution in [1.29, 1.82) is 0 Å². The molecule has 2 fully saturated rings. The Morgan fingerprint density at radius 3 is 1.49 bits per heavy atom. The van der Waals surface area contributed by atoms with E-state index in [1.54, 1.807) is 14.2 Å². The minimum Gasteiger partial charge on any atom is -0.497 e. The predicted octanol–water partition coefficient (Wildman–Crippen LogP) is 10.4. The number of aromatic nitrogens is 2. The molecule has 0 bridgehead atoms. The van der Waals surface area contributed by atoms with Crippen LogP contribution in [0, 0.1) is 11.8 Å². The van der Waals surface area contributed by atoms with Crippen molar-refractivity contribution < 1.29 is 9.47 Å². The topological polar surface area (TPSA) is 74.8 Å². The third kappa shape index (κ3) is 8.12. The lowest BCUT2D eigenvalue weighted by Gasteiger charge is -2.43. The zero-order chi connectivity index (χ0) is 39.7. The monoisotopic (exact) mass is 822 g/mol. The summed E-state index contributed by atoms with van der Waals surface area (Å²) >= 11 is 3.62. The van der Waals surface area contributed by atoms with Crippen LogP contribution in [0.2, 0.25) is 0 Å². The van der Waals surface area contributed by atoms with Crippen LogP contribution in [0.5, 0.6) is 11.5 Å². The highest BCUT2D eigenvalue weighted by Crippen LogP contribution is 2.43. The fourth-order valence-corrected chi connectivity index (χ4v) is 12.2. The first-order chi connectivity index (χ1) is 29.1. The molecule has 2 saturated heterocycles. The Bertz CT molecular complexity index is 2220. The third-order valence-electron chi connectivity index (χ3n) is 13.3. The van der Waals surface area contributed by atoms with Gasteiger partial charge in [-0.3, -0.25) is 9.80 Å². The molecule has 59 heavy (non-hydrogen) atoms. The number of methoxy groups -OCH3 is 2. The summed E-state index contributed by atoms with van der Waals surface area (Å²) in [5.74, 6) is 3.09. The van der Waals surface area contributed by atoms with Gasteiger partial charge < -0.3 is 20.1 Å². The Morgan fingerprint density at radius 2 is 1.05 bits per heavy atom. The molecule has 0 unspecified atom stereocenters. The zero-order valence-corrected chi connectivity index (χ0v) is 35.8. The van der Waals surface area contributed by atoms with Crippen LogP contribution in [0.15, 0.2) is 97.1 Å². The first-order valence-corrected chi connectivity index (χ1v) is 23.1. The molecule has 4 atom stereocenters. The molecular weight excluding hydrogens is 769 g/mol. The van der Waals surface area contributed by atoms with Crippen molar-refractivity contribution in [2.24, 2.45) is 11.8 Å². The highest BCUT2D eigenvalue weighted by molar-refractivity contribution is 7.17. The van der Waals surface area contributed by atoms with Gasteiger partial charge in [-0.2, -0.15) is 0 Å². The van der Waals surface area contributed by atoms with Crippen LogP contribution in [-0.4, -0.2) is 73.3 Å². The minimum atomic E-state index is 0.476. The lowest BCUT2D eigenvalue weighted by atomic mass is 9.82. The van der Waals surface area contributed by atoms with Crippen LogP contribution in [0.1, 0.15) is 69.8 Å². The number of nitrogens with zero attached hydrogens (tertiary/aromatic N) is 4. The SMILES string of the molecule is COc1ccc2c(c1)CCN1CC[C@H](CNc3nc(-c4ccccc4)c(Cc4sc(NC[C@H]5CCN6CCc7cc(OC)ccc7[C@H]6C5)nc4-c4ccccc4)s3)C[C@H]21. The molecule has 8 nitrogen and oxygen atoms in total. The second-order valence-corrected chi connectivity index (χ2v) is 18.9. The minimum absolute atomic E-state index is 0.476. The largest absolute Gasteiger partial charge is 0.497 e. The number of nitrogens with one attached hydrogen (secondary N) is 2. The number of rotatable bonds is 12. The summed E-state index contributed by atoms with van der Waals surface area (Å²) in [6.07, 6.45) is 7.73. The molecule has 2 N–H and O–H groups in total. The Kier molecular flexibility index (Phi) is 11.1. The van der Waals surface area contributed by atoms with E-state index in [0.29, 0.717) is 23.9 Å². The fraction of sp³-hybridized carbons (Fsp3) is 0.388. The summed E-state index contributed by atoms with van der Waals surface area (Å²) in [6.45, 7) is 6.42. The van der Waals surface area contributed by atoms with Crippen molar-refractivity contribution in [1.82, 2.24) is 19.8 Å². The molecule has 0 saturated carbocycles. The number of hydrogen-bond acceptors (Lipinski definition) is 10. The highest BCUT2D eigenvalue weighted by Gasteiger charge is 2.35. The van der Waals surface area contributed by atoms with Crippen LogP contribution in [0.3, 0.4) is 0 Å². The molecule has 6 heterocycles. The molecule has 4 aliphatic rings. The van der Waals surface area contributed by atoms with Crippen LogP contribution in [0.25, 0.3) is 22.5 Å². The van der Waals surface area contributed by atoms with E-state index < -0.39 is 0 Å². The second-order valence-electron chi connectivity index (χ2n) is 16.8. The average Bonchev–Trinajstić information content (AvgIpc) is 3.91. The molecule has 304 valence electrons. The van der Waals surface area contributed by atoms with Gasteiger partial charge in [-0.05, 0) is 110 Å². The summed E-state index contributed by atoms with van der Waals surface area (Å²) in [5, 5.41) is 9.70. The van der Waals surface area contributed by atoms with Crippen molar-refractivity contribution in [3.63, 3.8) is 0 Å². The number of anilines is 2. The molecule has 4 aliphatic heterocycles. The molecule has 0 aliphatic carbocycles. The van der Waals surface area contributed by atoms with E-state index >= 15 is 0 Å². The maximum atomic E-state index is 5.56. The normalized spacial score (nSPS) is 21.5. The molecule has 2 aromatic heterocycles. The lowest BCUT2D eigenvalue weighted by Crippen LogP contribution is -2.42. The second kappa shape index (κ2) is 17.1.